The monoisotopic (exact) mass is 259 g/mol. The maximum atomic E-state index is 11.6. The third kappa shape index (κ3) is 3.06. The minimum atomic E-state index is -3.76. The first-order valence-corrected chi connectivity index (χ1v) is 6.97. The summed E-state index contributed by atoms with van der Waals surface area (Å²) in [5.74, 6) is 0. The average molecular weight is 259 g/mol. The highest BCUT2D eigenvalue weighted by atomic mass is 32.2. The van der Waals surface area contributed by atoms with E-state index in [-0.39, 0.29) is 4.91 Å². The van der Waals surface area contributed by atoms with Crippen LogP contribution in [-0.4, -0.2) is 8.42 Å². The lowest BCUT2D eigenvalue weighted by molar-refractivity contribution is 0.607. The number of rotatable bonds is 3. The normalized spacial score (nSPS) is 12.4. The van der Waals surface area contributed by atoms with E-state index in [0.29, 0.717) is 5.56 Å². The van der Waals surface area contributed by atoms with Crippen LogP contribution in [-0.2, 0) is 10.0 Å². The molecule has 2 N–H and O–H groups in total. The Kier molecular flexibility index (Phi) is 3.60. The van der Waals surface area contributed by atoms with Gasteiger partial charge < -0.3 is 0 Å². The molecule has 0 bridgehead atoms. The van der Waals surface area contributed by atoms with E-state index < -0.39 is 10.0 Å². The lowest BCUT2D eigenvalue weighted by atomic mass is 10.1. The molecule has 4 heteroatoms. The molecule has 0 radical (unpaired) electrons. The van der Waals surface area contributed by atoms with Crippen LogP contribution in [0.25, 0.3) is 11.0 Å². The van der Waals surface area contributed by atoms with Gasteiger partial charge >= 0.3 is 0 Å². The Balaban J connectivity index is 2.56. The van der Waals surface area contributed by atoms with Crippen molar-refractivity contribution in [2.45, 2.75) is 0 Å². The van der Waals surface area contributed by atoms with Crippen molar-refractivity contribution >= 4 is 21.0 Å². The van der Waals surface area contributed by atoms with Crippen LogP contribution in [0.2, 0.25) is 0 Å². The van der Waals surface area contributed by atoms with Crippen LogP contribution in [0.15, 0.2) is 60.7 Å². The van der Waals surface area contributed by atoms with E-state index in [1.165, 1.54) is 0 Å². The Morgan fingerprint density at radius 1 is 0.889 bits per heavy atom. The van der Waals surface area contributed by atoms with E-state index in [0.717, 1.165) is 5.56 Å². The molecule has 92 valence electrons. The van der Waals surface area contributed by atoms with Gasteiger partial charge in [0.1, 0.15) is 0 Å². The molecule has 0 heterocycles. The van der Waals surface area contributed by atoms with Crippen molar-refractivity contribution in [2.24, 2.45) is 5.14 Å². The van der Waals surface area contributed by atoms with Crippen molar-refractivity contribution in [1.82, 2.24) is 0 Å². The highest BCUT2D eigenvalue weighted by Crippen LogP contribution is 2.21. The fourth-order valence-corrected chi connectivity index (χ4v) is 2.40. The summed E-state index contributed by atoms with van der Waals surface area (Å²) in [4.78, 5) is 0.120. The van der Waals surface area contributed by atoms with Gasteiger partial charge in [0.2, 0.25) is 10.0 Å². The second kappa shape index (κ2) is 5.16. The standard InChI is InChI=1S/C14H13NO2S/c15-18(16,17)14(13-9-5-2-6-10-13)11-12-7-3-1-4-8-12/h1-11H,(H2,15,16,17)/b14-11-. The molecule has 2 aromatic carbocycles. The Morgan fingerprint density at radius 3 is 1.89 bits per heavy atom. The average Bonchev–Trinajstić information content (AvgIpc) is 2.37. The van der Waals surface area contributed by atoms with Gasteiger partial charge in [0.25, 0.3) is 0 Å². The van der Waals surface area contributed by atoms with Crippen LogP contribution in [0.1, 0.15) is 11.1 Å². The Morgan fingerprint density at radius 2 is 1.39 bits per heavy atom. The number of sulfonamides is 1. The maximum absolute atomic E-state index is 11.6. The third-order valence-corrected chi connectivity index (χ3v) is 3.43. The van der Waals surface area contributed by atoms with Gasteiger partial charge in [-0.2, -0.15) is 0 Å². The molecule has 0 aromatic heterocycles. The number of nitrogens with two attached hydrogens (primary N) is 1. The summed E-state index contributed by atoms with van der Waals surface area (Å²) < 4.78 is 23.3. The third-order valence-electron chi connectivity index (χ3n) is 2.46. The number of hydrogen-bond donors (Lipinski definition) is 1. The van der Waals surface area contributed by atoms with E-state index in [1.807, 2.05) is 36.4 Å². The molecule has 0 aliphatic heterocycles. The number of primary sulfonamides is 1. The molecule has 0 aliphatic rings. The van der Waals surface area contributed by atoms with E-state index in [2.05, 4.69) is 0 Å². The van der Waals surface area contributed by atoms with Crippen LogP contribution in [0.3, 0.4) is 0 Å². The summed E-state index contributed by atoms with van der Waals surface area (Å²) >= 11 is 0. The SMILES string of the molecule is NS(=O)(=O)/C(=C\c1ccccc1)c1ccccc1. The van der Waals surface area contributed by atoms with Crippen LogP contribution < -0.4 is 5.14 Å². The molecule has 0 aliphatic carbocycles. The first-order valence-electron chi connectivity index (χ1n) is 5.42. The highest BCUT2D eigenvalue weighted by Gasteiger charge is 2.14. The van der Waals surface area contributed by atoms with Gasteiger partial charge in [-0.05, 0) is 17.2 Å². The predicted octanol–water partition coefficient (Wildman–Crippen LogP) is 2.47. The zero-order chi connectivity index (χ0) is 13.0. The van der Waals surface area contributed by atoms with Gasteiger partial charge in [0.15, 0.2) is 0 Å². The maximum Gasteiger partial charge on any atom is 0.238 e. The Hall–Kier alpha value is -1.91. The van der Waals surface area contributed by atoms with Crippen LogP contribution in [0.5, 0.6) is 0 Å². The zero-order valence-corrected chi connectivity index (χ0v) is 10.5. The van der Waals surface area contributed by atoms with E-state index in [1.54, 1.807) is 30.3 Å². The first kappa shape index (κ1) is 12.5. The lowest BCUT2D eigenvalue weighted by Crippen LogP contribution is -2.13. The topological polar surface area (TPSA) is 60.2 Å². The fourth-order valence-electron chi connectivity index (χ4n) is 1.63. The molecule has 18 heavy (non-hydrogen) atoms. The van der Waals surface area contributed by atoms with Crippen molar-refractivity contribution in [2.75, 3.05) is 0 Å². The van der Waals surface area contributed by atoms with Crippen molar-refractivity contribution in [1.29, 1.82) is 0 Å². The summed E-state index contributed by atoms with van der Waals surface area (Å²) in [6.45, 7) is 0. The van der Waals surface area contributed by atoms with Crippen molar-refractivity contribution in [3.05, 3.63) is 71.8 Å². The molecule has 0 saturated heterocycles. The van der Waals surface area contributed by atoms with E-state index >= 15 is 0 Å². The van der Waals surface area contributed by atoms with Crippen LogP contribution in [0, 0.1) is 0 Å². The van der Waals surface area contributed by atoms with Gasteiger partial charge in [0.05, 0.1) is 4.91 Å². The highest BCUT2D eigenvalue weighted by molar-refractivity contribution is 7.98. The Bertz CT molecular complexity index is 647. The Labute approximate surface area is 107 Å². The molecule has 0 atom stereocenters. The molecule has 0 unspecified atom stereocenters. The van der Waals surface area contributed by atoms with Crippen molar-refractivity contribution in [3.8, 4) is 0 Å². The molecule has 0 saturated carbocycles. The summed E-state index contributed by atoms with van der Waals surface area (Å²) in [6.07, 6.45) is 1.57. The molecule has 0 fully saturated rings. The molecule has 3 nitrogen and oxygen atoms in total. The predicted molar refractivity (Wildman–Crippen MR) is 73.9 cm³/mol. The molecule has 2 rings (SSSR count). The first-order chi connectivity index (χ1) is 8.57. The molecular formula is C14H13NO2S. The quantitative estimate of drug-likeness (QED) is 0.861. The van der Waals surface area contributed by atoms with Crippen molar-refractivity contribution < 1.29 is 8.42 Å². The van der Waals surface area contributed by atoms with Crippen LogP contribution >= 0.6 is 0 Å². The van der Waals surface area contributed by atoms with Crippen LogP contribution in [0.4, 0.5) is 0 Å². The minimum absolute atomic E-state index is 0.120. The fraction of sp³-hybridized carbons (Fsp3) is 0. The molecule has 0 spiro atoms. The smallest absolute Gasteiger partial charge is 0.225 e. The molecular weight excluding hydrogens is 246 g/mol. The summed E-state index contributed by atoms with van der Waals surface area (Å²) in [5.41, 5.74) is 1.38. The van der Waals surface area contributed by atoms with Crippen molar-refractivity contribution in [3.63, 3.8) is 0 Å². The summed E-state index contributed by atoms with van der Waals surface area (Å²) in [7, 11) is -3.76. The molecule has 0 amide bonds. The second-order valence-electron chi connectivity index (χ2n) is 3.83. The lowest BCUT2D eigenvalue weighted by Gasteiger charge is -2.05. The van der Waals surface area contributed by atoms with Gasteiger partial charge in [-0.25, -0.2) is 13.6 Å². The van der Waals surface area contributed by atoms with Gasteiger partial charge in [-0.1, -0.05) is 60.7 Å². The van der Waals surface area contributed by atoms with Gasteiger partial charge in [-0.3, -0.25) is 0 Å². The molecule has 2 aromatic rings. The van der Waals surface area contributed by atoms with Gasteiger partial charge in [0, 0.05) is 0 Å². The zero-order valence-electron chi connectivity index (χ0n) is 9.65. The second-order valence-corrected chi connectivity index (χ2v) is 5.36. The summed E-state index contributed by atoms with van der Waals surface area (Å²) in [6, 6.07) is 18.0. The van der Waals surface area contributed by atoms with E-state index in [9.17, 15) is 8.42 Å². The summed E-state index contributed by atoms with van der Waals surface area (Å²) in [5, 5.41) is 5.26. The largest absolute Gasteiger partial charge is 0.238 e. The minimum Gasteiger partial charge on any atom is -0.225 e. The number of benzene rings is 2. The van der Waals surface area contributed by atoms with Gasteiger partial charge in [-0.15, -0.1) is 0 Å². The van der Waals surface area contributed by atoms with E-state index in [4.69, 9.17) is 5.14 Å². The number of hydrogen-bond acceptors (Lipinski definition) is 2.